The molecular weight excluding hydrogens is 500 g/mol. The maximum Gasteiger partial charge on any atom is 0.315 e. The van der Waals surface area contributed by atoms with Crippen molar-refractivity contribution in [3.63, 3.8) is 0 Å². The standard InChI is InChI=1S/C30H46N2O5S/c1-20-9-14-23(28-27(36)26(35)25(34)18-38(28)4)17-24(20)16-22-12-10-21(11-13-22)8-6-5-7-15-31-29(37)32-30(2,3)19-33/h9-14,17,25-28,33-36,38H,5-8,15-16,18-19H2,1-4H3,(H2,31,32,37)/t25-,26-,27-,28+/m1/s1. The summed E-state index contributed by atoms with van der Waals surface area (Å²) in [4.78, 5) is 11.8. The summed E-state index contributed by atoms with van der Waals surface area (Å²) in [5.74, 6) is 0.539. The van der Waals surface area contributed by atoms with Crippen molar-refractivity contribution in [3.8, 4) is 0 Å². The van der Waals surface area contributed by atoms with Crippen LogP contribution < -0.4 is 10.6 Å². The Hall–Kier alpha value is -2.10. The number of nitrogens with one attached hydrogen (secondary N) is 2. The highest BCUT2D eigenvalue weighted by atomic mass is 32.2. The molecule has 7 nitrogen and oxygen atoms in total. The molecule has 1 fully saturated rings. The van der Waals surface area contributed by atoms with Crippen LogP contribution in [0.25, 0.3) is 0 Å². The summed E-state index contributed by atoms with van der Waals surface area (Å²) in [7, 11) is -0.635. The van der Waals surface area contributed by atoms with E-state index in [1.54, 1.807) is 13.8 Å². The van der Waals surface area contributed by atoms with Gasteiger partial charge in [0.2, 0.25) is 0 Å². The lowest BCUT2D eigenvalue weighted by Crippen LogP contribution is -2.50. The highest BCUT2D eigenvalue weighted by Crippen LogP contribution is 2.48. The molecule has 2 aromatic rings. The number of urea groups is 1. The van der Waals surface area contributed by atoms with Gasteiger partial charge >= 0.3 is 6.03 Å². The number of hydrogen-bond acceptors (Lipinski definition) is 5. The predicted octanol–water partition coefficient (Wildman–Crippen LogP) is 3.14. The largest absolute Gasteiger partial charge is 0.394 e. The number of amides is 2. The zero-order valence-corrected chi connectivity index (χ0v) is 24.0. The first-order valence-corrected chi connectivity index (χ1v) is 15.6. The fraction of sp³-hybridized carbons (Fsp3) is 0.567. The first-order valence-electron chi connectivity index (χ1n) is 13.6. The molecule has 0 saturated carbocycles. The number of aliphatic hydroxyl groups excluding tert-OH is 4. The van der Waals surface area contributed by atoms with Crippen LogP contribution in [0.3, 0.4) is 0 Å². The van der Waals surface area contributed by atoms with Crippen molar-refractivity contribution in [3.05, 3.63) is 70.3 Å². The minimum absolute atomic E-state index is 0.105. The van der Waals surface area contributed by atoms with Crippen molar-refractivity contribution < 1.29 is 25.2 Å². The lowest BCUT2D eigenvalue weighted by molar-refractivity contribution is -0.0561. The van der Waals surface area contributed by atoms with E-state index in [-0.39, 0.29) is 17.9 Å². The average Bonchev–Trinajstić information content (AvgIpc) is 2.87. The van der Waals surface area contributed by atoms with Gasteiger partial charge in [-0.2, -0.15) is 0 Å². The van der Waals surface area contributed by atoms with Crippen LogP contribution in [-0.2, 0) is 12.8 Å². The third kappa shape index (κ3) is 8.45. The monoisotopic (exact) mass is 546 g/mol. The van der Waals surface area contributed by atoms with E-state index in [1.165, 1.54) is 22.3 Å². The van der Waals surface area contributed by atoms with Gasteiger partial charge in [-0.25, -0.2) is 15.7 Å². The molecule has 2 aromatic carbocycles. The van der Waals surface area contributed by atoms with E-state index in [0.717, 1.165) is 37.7 Å². The quantitative estimate of drug-likeness (QED) is 0.172. The average molecular weight is 547 g/mol. The first-order chi connectivity index (χ1) is 18.0. The Labute approximate surface area is 230 Å². The molecule has 212 valence electrons. The minimum atomic E-state index is -1.10. The molecule has 0 aliphatic carbocycles. The van der Waals surface area contributed by atoms with E-state index in [1.807, 2.05) is 0 Å². The van der Waals surface area contributed by atoms with Gasteiger partial charge < -0.3 is 31.1 Å². The molecule has 6 N–H and O–H groups in total. The number of thiol groups is 1. The number of benzene rings is 2. The van der Waals surface area contributed by atoms with Gasteiger partial charge in [-0.1, -0.05) is 48.9 Å². The van der Waals surface area contributed by atoms with Crippen molar-refractivity contribution in [1.29, 1.82) is 0 Å². The van der Waals surface area contributed by atoms with Crippen LogP contribution >= 0.6 is 10.9 Å². The molecule has 0 spiro atoms. The van der Waals surface area contributed by atoms with E-state index < -0.39 is 34.7 Å². The fourth-order valence-electron chi connectivity index (χ4n) is 4.98. The molecular formula is C30H46N2O5S. The van der Waals surface area contributed by atoms with Crippen molar-refractivity contribution in [2.24, 2.45) is 0 Å². The Balaban J connectivity index is 1.48. The number of carbonyl (C=O) groups is 1. The molecule has 38 heavy (non-hydrogen) atoms. The molecule has 1 aliphatic heterocycles. The summed E-state index contributed by atoms with van der Waals surface area (Å²) in [6.45, 7) is 6.16. The van der Waals surface area contributed by atoms with Crippen LogP contribution in [0.1, 0.15) is 66.2 Å². The van der Waals surface area contributed by atoms with Crippen LogP contribution in [0.15, 0.2) is 42.5 Å². The smallest absolute Gasteiger partial charge is 0.315 e. The number of rotatable bonds is 11. The third-order valence-electron chi connectivity index (χ3n) is 7.42. The number of hydrogen-bond donors (Lipinski definition) is 7. The van der Waals surface area contributed by atoms with Crippen molar-refractivity contribution in [2.45, 2.75) is 82.0 Å². The Bertz CT molecular complexity index is 1050. The van der Waals surface area contributed by atoms with Crippen molar-refractivity contribution in [2.75, 3.05) is 25.2 Å². The summed E-state index contributed by atoms with van der Waals surface area (Å²) >= 11 is 0. The number of aryl methyl sites for hydroxylation is 2. The van der Waals surface area contributed by atoms with E-state index in [9.17, 15) is 25.2 Å². The lowest BCUT2D eigenvalue weighted by Gasteiger charge is -2.42. The van der Waals surface area contributed by atoms with E-state index in [0.29, 0.717) is 12.3 Å². The molecule has 0 bridgehead atoms. The Morgan fingerprint density at radius 3 is 2.37 bits per heavy atom. The van der Waals surface area contributed by atoms with E-state index in [2.05, 4.69) is 66.3 Å². The normalized spacial score (nSPS) is 24.7. The van der Waals surface area contributed by atoms with Gasteiger partial charge in [0.1, 0.15) is 6.10 Å². The lowest BCUT2D eigenvalue weighted by atomic mass is 9.93. The van der Waals surface area contributed by atoms with Crippen LogP contribution in [-0.4, -0.2) is 75.5 Å². The maximum atomic E-state index is 11.8. The zero-order valence-electron chi connectivity index (χ0n) is 23.2. The molecule has 1 aliphatic rings. The van der Waals surface area contributed by atoms with Gasteiger partial charge in [0, 0.05) is 17.5 Å². The first kappa shape index (κ1) is 30.4. The summed E-state index contributed by atoms with van der Waals surface area (Å²) < 4.78 is 0. The number of unbranched alkanes of at least 4 members (excludes halogenated alkanes) is 2. The minimum Gasteiger partial charge on any atom is -0.394 e. The Morgan fingerprint density at radius 2 is 1.68 bits per heavy atom. The summed E-state index contributed by atoms with van der Waals surface area (Å²) in [5.41, 5.74) is 5.36. The fourth-order valence-corrected chi connectivity index (χ4v) is 7.38. The second kappa shape index (κ2) is 13.8. The van der Waals surface area contributed by atoms with Gasteiger partial charge in [-0.3, -0.25) is 0 Å². The molecule has 1 unspecified atom stereocenters. The van der Waals surface area contributed by atoms with Gasteiger partial charge in [-0.05, 0) is 80.5 Å². The Morgan fingerprint density at radius 1 is 1.00 bits per heavy atom. The van der Waals surface area contributed by atoms with Gasteiger partial charge in [-0.15, -0.1) is 0 Å². The summed E-state index contributed by atoms with van der Waals surface area (Å²) in [5, 5.41) is 45.6. The summed E-state index contributed by atoms with van der Waals surface area (Å²) in [6.07, 6.45) is 3.96. The van der Waals surface area contributed by atoms with Crippen LogP contribution in [0.4, 0.5) is 4.79 Å². The predicted molar refractivity (Wildman–Crippen MR) is 156 cm³/mol. The second-order valence-electron chi connectivity index (χ2n) is 11.3. The number of carbonyl (C=O) groups excluding carboxylic acids is 1. The molecule has 1 heterocycles. The van der Waals surface area contributed by atoms with Gasteiger partial charge in [0.05, 0.1) is 24.4 Å². The molecule has 0 radical (unpaired) electrons. The topological polar surface area (TPSA) is 122 Å². The highest BCUT2D eigenvalue weighted by molar-refractivity contribution is 8.16. The third-order valence-corrected chi connectivity index (χ3v) is 9.93. The molecule has 0 aromatic heterocycles. The second-order valence-corrected chi connectivity index (χ2v) is 13.8. The highest BCUT2D eigenvalue weighted by Gasteiger charge is 2.40. The van der Waals surface area contributed by atoms with Crippen molar-refractivity contribution >= 4 is 16.9 Å². The molecule has 5 atom stereocenters. The van der Waals surface area contributed by atoms with Crippen LogP contribution in [0.5, 0.6) is 0 Å². The van der Waals surface area contributed by atoms with Gasteiger partial charge in [0.25, 0.3) is 0 Å². The van der Waals surface area contributed by atoms with Crippen LogP contribution in [0, 0.1) is 6.92 Å². The van der Waals surface area contributed by atoms with E-state index >= 15 is 0 Å². The van der Waals surface area contributed by atoms with Crippen molar-refractivity contribution in [1.82, 2.24) is 10.6 Å². The maximum absolute atomic E-state index is 11.8. The van der Waals surface area contributed by atoms with Gasteiger partial charge in [0.15, 0.2) is 0 Å². The molecule has 1 saturated heterocycles. The Kier molecular flexibility index (Phi) is 11.1. The molecule has 8 heteroatoms. The van der Waals surface area contributed by atoms with E-state index in [4.69, 9.17) is 0 Å². The zero-order chi connectivity index (χ0) is 27.9. The SMILES string of the molecule is Cc1ccc([C@H]2[C@H](O)[C@H](O)[C@H](O)C[SH]2C)cc1Cc1ccc(CCCCCNC(=O)NC(C)(C)CO)cc1. The molecule has 2 amide bonds. The molecule has 3 rings (SSSR count). The summed E-state index contributed by atoms with van der Waals surface area (Å²) in [6, 6.07) is 14.8. The van der Waals surface area contributed by atoms with Crippen LogP contribution in [0.2, 0.25) is 0 Å². The number of aliphatic hydroxyl groups is 4.